The Morgan fingerprint density at radius 3 is 2.17 bits per heavy atom. The molecule has 0 amide bonds. The van der Waals surface area contributed by atoms with E-state index in [9.17, 15) is 0 Å². The van der Waals surface area contributed by atoms with Gasteiger partial charge in [0.25, 0.3) is 0 Å². The Morgan fingerprint density at radius 1 is 0.900 bits per heavy atom. The summed E-state index contributed by atoms with van der Waals surface area (Å²) in [6, 6.07) is 26.0. The van der Waals surface area contributed by atoms with Crippen molar-refractivity contribution < 1.29 is 4.43 Å². The van der Waals surface area contributed by atoms with Crippen molar-refractivity contribution in [2.45, 2.75) is 38.9 Å². The zero-order valence-corrected chi connectivity index (χ0v) is 19.3. The Kier molecular flexibility index (Phi) is 6.24. The van der Waals surface area contributed by atoms with Gasteiger partial charge in [-0.05, 0) is 71.2 Å². The molecule has 3 rings (SSSR count). The second-order valence-corrected chi connectivity index (χ2v) is 13.7. The zero-order valence-electron chi connectivity index (χ0n) is 18.3. The van der Waals surface area contributed by atoms with Crippen LogP contribution in [0.2, 0.25) is 18.1 Å². The van der Waals surface area contributed by atoms with Gasteiger partial charge in [-0.25, -0.2) is 0 Å². The van der Waals surface area contributed by atoms with Gasteiger partial charge in [0, 0.05) is 6.21 Å². The standard InChI is InChI=1S/C26H28N2OSi/c1-26(2,3)30(4,5)29-25-8-6-7-23(17-25)22-13-9-21(10-14-22)19-28-24-15-11-20(18-27)12-16-24/h6-17,19H,1-5H3/b28-19-. The molecule has 0 unspecified atom stereocenters. The van der Waals surface area contributed by atoms with E-state index < -0.39 is 8.32 Å². The van der Waals surface area contributed by atoms with Crippen molar-refractivity contribution >= 4 is 20.2 Å². The van der Waals surface area contributed by atoms with Crippen molar-refractivity contribution in [1.82, 2.24) is 0 Å². The maximum absolute atomic E-state index is 8.87. The van der Waals surface area contributed by atoms with Crippen LogP contribution >= 0.6 is 0 Å². The molecule has 0 N–H and O–H groups in total. The smallest absolute Gasteiger partial charge is 0.250 e. The van der Waals surface area contributed by atoms with E-state index >= 15 is 0 Å². The molecule has 0 aromatic heterocycles. The number of rotatable bonds is 5. The monoisotopic (exact) mass is 412 g/mol. The zero-order chi connectivity index (χ0) is 21.8. The summed E-state index contributed by atoms with van der Waals surface area (Å²) in [6.07, 6.45) is 1.84. The molecule has 152 valence electrons. The minimum Gasteiger partial charge on any atom is -0.543 e. The highest BCUT2D eigenvalue weighted by Crippen LogP contribution is 2.38. The molecule has 4 heteroatoms. The van der Waals surface area contributed by atoms with Crippen molar-refractivity contribution in [1.29, 1.82) is 5.26 Å². The molecule has 3 nitrogen and oxygen atoms in total. The Bertz CT molecular complexity index is 1070. The van der Waals surface area contributed by atoms with Gasteiger partial charge in [-0.1, -0.05) is 57.2 Å². The molecule has 0 aliphatic rings. The first-order valence-corrected chi connectivity index (χ1v) is 13.0. The number of nitrogens with zero attached hydrogens (tertiary/aromatic N) is 2. The molecule has 30 heavy (non-hydrogen) atoms. The molecular weight excluding hydrogens is 384 g/mol. The number of aliphatic imine (C=N–C) groups is 1. The summed E-state index contributed by atoms with van der Waals surface area (Å²) in [5.41, 5.74) is 4.77. The third-order valence-electron chi connectivity index (χ3n) is 5.62. The Balaban J connectivity index is 1.74. The number of hydrogen-bond acceptors (Lipinski definition) is 3. The van der Waals surface area contributed by atoms with E-state index in [1.807, 2.05) is 24.4 Å². The molecule has 3 aromatic carbocycles. The third kappa shape index (κ3) is 5.25. The SMILES string of the molecule is CC(C)(C)[Si](C)(C)Oc1cccc(-c2ccc(/C=N\c3ccc(C#N)cc3)cc2)c1. The summed E-state index contributed by atoms with van der Waals surface area (Å²) in [7, 11) is -1.86. The lowest BCUT2D eigenvalue weighted by Gasteiger charge is -2.36. The van der Waals surface area contributed by atoms with Gasteiger partial charge in [-0.3, -0.25) is 4.99 Å². The van der Waals surface area contributed by atoms with Crippen molar-refractivity contribution in [3.63, 3.8) is 0 Å². The summed E-state index contributed by atoms with van der Waals surface area (Å²) in [5, 5.41) is 9.04. The van der Waals surface area contributed by atoms with Gasteiger partial charge in [0.15, 0.2) is 0 Å². The number of hydrogen-bond donors (Lipinski definition) is 0. The fourth-order valence-corrected chi connectivity index (χ4v) is 3.74. The van der Waals surface area contributed by atoms with E-state index in [1.54, 1.807) is 12.1 Å². The van der Waals surface area contributed by atoms with Crippen molar-refractivity contribution in [2.24, 2.45) is 4.99 Å². The highest BCUT2D eigenvalue weighted by atomic mass is 28.4. The first kappa shape index (κ1) is 21.5. The van der Waals surface area contributed by atoms with Crippen LogP contribution in [0.15, 0.2) is 77.8 Å². The van der Waals surface area contributed by atoms with Crippen LogP contribution in [0.4, 0.5) is 5.69 Å². The Morgan fingerprint density at radius 2 is 1.57 bits per heavy atom. The fourth-order valence-electron chi connectivity index (χ4n) is 2.72. The second kappa shape index (κ2) is 8.69. The lowest BCUT2D eigenvalue weighted by Crippen LogP contribution is -2.43. The summed E-state index contributed by atoms with van der Waals surface area (Å²) < 4.78 is 6.45. The average Bonchev–Trinajstić information content (AvgIpc) is 2.72. The van der Waals surface area contributed by atoms with Gasteiger partial charge < -0.3 is 4.43 Å². The van der Waals surface area contributed by atoms with E-state index in [1.165, 1.54) is 0 Å². The maximum atomic E-state index is 8.87. The summed E-state index contributed by atoms with van der Waals surface area (Å²) in [5.74, 6) is 0.936. The molecule has 0 heterocycles. The van der Waals surface area contributed by atoms with Gasteiger partial charge in [0.05, 0.1) is 17.3 Å². The van der Waals surface area contributed by atoms with Crippen LogP contribution in [-0.2, 0) is 0 Å². The van der Waals surface area contributed by atoms with Crippen LogP contribution in [0, 0.1) is 11.3 Å². The van der Waals surface area contributed by atoms with E-state index in [-0.39, 0.29) is 5.04 Å². The van der Waals surface area contributed by atoms with Gasteiger partial charge >= 0.3 is 0 Å². The van der Waals surface area contributed by atoms with Crippen LogP contribution in [0.25, 0.3) is 11.1 Å². The topological polar surface area (TPSA) is 45.4 Å². The molecule has 0 radical (unpaired) electrons. The molecule has 0 fully saturated rings. The molecule has 0 aliphatic carbocycles. The molecule has 0 bridgehead atoms. The molecule has 3 aromatic rings. The van der Waals surface area contributed by atoms with Crippen molar-refractivity contribution in [3.05, 3.63) is 83.9 Å². The quantitative estimate of drug-likeness (QED) is 0.324. The van der Waals surface area contributed by atoms with Gasteiger partial charge in [-0.2, -0.15) is 5.26 Å². The van der Waals surface area contributed by atoms with E-state index in [0.29, 0.717) is 5.56 Å². The Labute approximate surface area is 180 Å². The van der Waals surface area contributed by atoms with Gasteiger partial charge in [0.1, 0.15) is 5.75 Å². The molecule has 0 saturated carbocycles. The number of nitriles is 1. The summed E-state index contributed by atoms with van der Waals surface area (Å²) in [4.78, 5) is 4.48. The van der Waals surface area contributed by atoms with Crippen LogP contribution in [0.3, 0.4) is 0 Å². The van der Waals surface area contributed by atoms with E-state index in [4.69, 9.17) is 9.69 Å². The molecule has 0 aliphatic heterocycles. The second-order valence-electron chi connectivity index (χ2n) is 8.93. The van der Waals surface area contributed by atoms with E-state index in [0.717, 1.165) is 28.1 Å². The minimum absolute atomic E-state index is 0.166. The van der Waals surface area contributed by atoms with Crippen molar-refractivity contribution in [2.75, 3.05) is 0 Å². The maximum Gasteiger partial charge on any atom is 0.250 e. The lowest BCUT2D eigenvalue weighted by atomic mass is 10.0. The normalized spacial score (nSPS) is 12.0. The number of benzene rings is 3. The first-order chi connectivity index (χ1) is 14.2. The first-order valence-electron chi connectivity index (χ1n) is 10.1. The predicted octanol–water partition coefficient (Wildman–Crippen LogP) is 7.36. The highest BCUT2D eigenvalue weighted by Gasteiger charge is 2.38. The third-order valence-corrected chi connectivity index (χ3v) is 9.97. The van der Waals surface area contributed by atoms with Crippen LogP contribution in [-0.4, -0.2) is 14.5 Å². The van der Waals surface area contributed by atoms with Crippen LogP contribution in [0.1, 0.15) is 31.9 Å². The summed E-state index contributed by atoms with van der Waals surface area (Å²) >= 11 is 0. The largest absolute Gasteiger partial charge is 0.543 e. The lowest BCUT2D eigenvalue weighted by molar-refractivity contribution is 0.492. The van der Waals surface area contributed by atoms with Crippen molar-refractivity contribution in [3.8, 4) is 22.9 Å². The molecular formula is C26H28N2OSi. The van der Waals surface area contributed by atoms with Crippen LogP contribution < -0.4 is 4.43 Å². The van der Waals surface area contributed by atoms with Gasteiger partial charge in [0.2, 0.25) is 8.32 Å². The fraction of sp³-hybridized carbons (Fsp3) is 0.231. The molecule has 0 saturated heterocycles. The van der Waals surface area contributed by atoms with E-state index in [2.05, 4.69) is 87.4 Å². The summed E-state index contributed by atoms with van der Waals surface area (Å²) in [6.45, 7) is 11.3. The highest BCUT2D eigenvalue weighted by molar-refractivity contribution is 6.74. The molecule has 0 atom stereocenters. The average molecular weight is 413 g/mol. The Hall–Kier alpha value is -3.16. The predicted molar refractivity (Wildman–Crippen MR) is 128 cm³/mol. The molecule has 0 spiro atoms. The van der Waals surface area contributed by atoms with Crippen LogP contribution in [0.5, 0.6) is 5.75 Å². The van der Waals surface area contributed by atoms with Gasteiger partial charge in [-0.15, -0.1) is 0 Å². The minimum atomic E-state index is -1.86.